The summed E-state index contributed by atoms with van der Waals surface area (Å²) >= 11 is 1.67. The number of hydrogen-bond donors (Lipinski definition) is 2. The molecule has 0 aliphatic heterocycles. The van der Waals surface area contributed by atoms with Gasteiger partial charge in [0.15, 0.2) is 5.82 Å². The Kier molecular flexibility index (Phi) is 2.94. The van der Waals surface area contributed by atoms with Crippen LogP contribution in [-0.4, -0.2) is 21.2 Å². The molecule has 1 aliphatic carbocycles. The van der Waals surface area contributed by atoms with E-state index in [-0.39, 0.29) is 0 Å². The quantitative estimate of drug-likeness (QED) is 0.858. The fourth-order valence-corrected chi connectivity index (χ4v) is 3.11. The van der Waals surface area contributed by atoms with Crippen LogP contribution in [0.25, 0.3) is 10.7 Å². The summed E-state index contributed by atoms with van der Waals surface area (Å²) in [6, 6.07) is 4.39. The Hall–Kier alpha value is -1.20. The third-order valence-electron chi connectivity index (χ3n) is 3.35. The Morgan fingerprint density at radius 1 is 1.41 bits per heavy atom. The number of H-pyrrole nitrogens is 1. The Labute approximate surface area is 104 Å². The molecule has 2 atom stereocenters. The molecule has 2 aromatic heterocycles. The molecule has 90 valence electrons. The van der Waals surface area contributed by atoms with Crippen molar-refractivity contribution in [2.45, 2.75) is 37.6 Å². The molecule has 0 saturated heterocycles. The van der Waals surface area contributed by atoms with E-state index in [0.29, 0.717) is 12.0 Å². The number of rotatable bonds is 2. The van der Waals surface area contributed by atoms with Gasteiger partial charge in [-0.15, -0.1) is 11.3 Å². The van der Waals surface area contributed by atoms with Gasteiger partial charge in [0.25, 0.3) is 0 Å². The van der Waals surface area contributed by atoms with Gasteiger partial charge in [-0.25, -0.2) is 4.98 Å². The summed E-state index contributed by atoms with van der Waals surface area (Å²) in [4.78, 5) is 5.72. The van der Waals surface area contributed by atoms with Gasteiger partial charge in [-0.05, 0) is 30.7 Å². The number of nitrogens with two attached hydrogens (primary N) is 1. The molecule has 4 nitrogen and oxygen atoms in total. The molecule has 2 unspecified atom stereocenters. The number of nitrogens with one attached hydrogen (secondary N) is 1. The standard InChI is InChI=1S/C12H16N4S/c13-9-4-1-3-8(7-9)11-14-12(16-15-11)10-5-2-6-17-10/h2,5-6,8-9H,1,3-4,7,13H2,(H,14,15,16). The Bertz CT molecular complexity index is 476. The number of hydrogen-bond acceptors (Lipinski definition) is 4. The van der Waals surface area contributed by atoms with Crippen LogP contribution < -0.4 is 5.73 Å². The van der Waals surface area contributed by atoms with Crippen LogP contribution in [0.4, 0.5) is 0 Å². The van der Waals surface area contributed by atoms with Crippen molar-refractivity contribution in [2.24, 2.45) is 5.73 Å². The summed E-state index contributed by atoms with van der Waals surface area (Å²) in [5.41, 5.74) is 6.00. The van der Waals surface area contributed by atoms with E-state index in [1.54, 1.807) is 11.3 Å². The lowest BCUT2D eigenvalue weighted by Gasteiger charge is -2.24. The van der Waals surface area contributed by atoms with E-state index < -0.39 is 0 Å². The van der Waals surface area contributed by atoms with Gasteiger partial charge in [0.05, 0.1) is 4.88 Å². The highest BCUT2D eigenvalue weighted by molar-refractivity contribution is 7.13. The molecule has 1 fully saturated rings. The van der Waals surface area contributed by atoms with E-state index in [2.05, 4.69) is 15.2 Å². The monoisotopic (exact) mass is 248 g/mol. The van der Waals surface area contributed by atoms with Crippen molar-refractivity contribution < 1.29 is 0 Å². The van der Waals surface area contributed by atoms with Crippen molar-refractivity contribution in [1.82, 2.24) is 15.2 Å². The highest BCUT2D eigenvalue weighted by Crippen LogP contribution is 2.31. The first-order valence-corrected chi connectivity index (χ1v) is 6.92. The molecule has 3 N–H and O–H groups in total. The third kappa shape index (κ3) is 2.25. The molecule has 2 aromatic rings. The van der Waals surface area contributed by atoms with Crippen LogP contribution in [0.5, 0.6) is 0 Å². The average molecular weight is 248 g/mol. The highest BCUT2D eigenvalue weighted by atomic mass is 32.1. The van der Waals surface area contributed by atoms with Crippen molar-refractivity contribution in [2.75, 3.05) is 0 Å². The topological polar surface area (TPSA) is 67.6 Å². The number of nitrogens with zero attached hydrogens (tertiary/aromatic N) is 2. The van der Waals surface area contributed by atoms with E-state index in [1.807, 2.05) is 17.5 Å². The maximum Gasteiger partial charge on any atom is 0.191 e. The second-order valence-electron chi connectivity index (χ2n) is 4.65. The van der Waals surface area contributed by atoms with Crippen LogP contribution >= 0.6 is 11.3 Å². The van der Waals surface area contributed by atoms with Crippen LogP contribution in [0.15, 0.2) is 17.5 Å². The van der Waals surface area contributed by atoms with Crippen LogP contribution in [0.1, 0.15) is 37.4 Å². The summed E-state index contributed by atoms with van der Waals surface area (Å²) in [6.07, 6.45) is 4.54. The predicted molar refractivity (Wildman–Crippen MR) is 68.9 cm³/mol. The van der Waals surface area contributed by atoms with Gasteiger partial charge in [-0.2, -0.15) is 5.10 Å². The molecule has 1 saturated carbocycles. The lowest BCUT2D eigenvalue weighted by molar-refractivity contribution is 0.383. The number of thiophene rings is 1. The Morgan fingerprint density at radius 2 is 2.35 bits per heavy atom. The molecule has 0 bridgehead atoms. The zero-order valence-corrected chi connectivity index (χ0v) is 10.4. The minimum Gasteiger partial charge on any atom is -0.328 e. The molecule has 0 radical (unpaired) electrons. The Morgan fingerprint density at radius 3 is 3.12 bits per heavy atom. The molecule has 0 amide bonds. The van der Waals surface area contributed by atoms with Crippen LogP contribution in [-0.2, 0) is 0 Å². The molecule has 2 heterocycles. The zero-order valence-electron chi connectivity index (χ0n) is 9.60. The second kappa shape index (κ2) is 4.58. The first-order chi connectivity index (χ1) is 8.33. The summed E-state index contributed by atoms with van der Waals surface area (Å²) in [7, 11) is 0. The molecule has 5 heteroatoms. The first kappa shape index (κ1) is 10.9. The molecule has 3 rings (SSSR count). The minimum atomic E-state index is 0.323. The maximum absolute atomic E-state index is 6.00. The van der Waals surface area contributed by atoms with E-state index >= 15 is 0 Å². The molecular weight excluding hydrogens is 232 g/mol. The second-order valence-corrected chi connectivity index (χ2v) is 5.59. The molecular formula is C12H16N4S. The summed E-state index contributed by atoms with van der Waals surface area (Å²) < 4.78 is 0. The summed E-state index contributed by atoms with van der Waals surface area (Å²) in [5, 5.41) is 9.41. The Balaban J connectivity index is 1.80. The smallest absolute Gasteiger partial charge is 0.191 e. The van der Waals surface area contributed by atoms with Crippen LogP contribution in [0, 0.1) is 0 Å². The zero-order chi connectivity index (χ0) is 11.7. The fourth-order valence-electron chi connectivity index (χ4n) is 2.45. The predicted octanol–water partition coefficient (Wildman–Crippen LogP) is 2.52. The van der Waals surface area contributed by atoms with Crippen molar-refractivity contribution in [1.29, 1.82) is 0 Å². The van der Waals surface area contributed by atoms with Gasteiger partial charge in [0, 0.05) is 12.0 Å². The fraction of sp³-hybridized carbons (Fsp3) is 0.500. The van der Waals surface area contributed by atoms with Gasteiger partial charge >= 0.3 is 0 Å². The number of aromatic amines is 1. The van der Waals surface area contributed by atoms with Gasteiger partial charge in [-0.1, -0.05) is 12.5 Å². The largest absolute Gasteiger partial charge is 0.328 e. The van der Waals surface area contributed by atoms with Gasteiger partial charge < -0.3 is 5.73 Å². The summed E-state index contributed by atoms with van der Waals surface area (Å²) in [6.45, 7) is 0. The van der Waals surface area contributed by atoms with Crippen molar-refractivity contribution >= 4 is 11.3 Å². The third-order valence-corrected chi connectivity index (χ3v) is 4.21. The first-order valence-electron chi connectivity index (χ1n) is 6.04. The van der Waals surface area contributed by atoms with Gasteiger partial charge in [0.1, 0.15) is 5.82 Å². The van der Waals surface area contributed by atoms with Gasteiger partial charge in [-0.3, -0.25) is 5.10 Å². The van der Waals surface area contributed by atoms with E-state index in [9.17, 15) is 0 Å². The van der Waals surface area contributed by atoms with Crippen molar-refractivity contribution in [3.05, 3.63) is 23.3 Å². The van der Waals surface area contributed by atoms with Crippen LogP contribution in [0.3, 0.4) is 0 Å². The highest BCUT2D eigenvalue weighted by Gasteiger charge is 2.23. The average Bonchev–Trinajstić information content (AvgIpc) is 3.00. The van der Waals surface area contributed by atoms with E-state index in [0.717, 1.165) is 29.4 Å². The molecule has 0 aromatic carbocycles. The van der Waals surface area contributed by atoms with Crippen LogP contribution in [0.2, 0.25) is 0 Å². The van der Waals surface area contributed by atoms with Crippen molar-refractivity contribution in [3.63, 3.8) is 0 Å². The van der Waals surface area contributed by atoms with Gasteiger partial charge in [0.2, 0.25) is 0 Å². The molecule has 0 spiro atoms. The molecule has 17 heavy (non-hydrogen) atoms. The minimum absolute atomic E-state index is 0.323. The lowest BCUT2D eigenvalue weighted by atomic mass is 9.86. The SMILES string of the molecule is NC1CCCC(c2nc(-c3cccs3)n[nH]2)C1. The van der Waals surface area contributed by atoms with E-state index in [4.69, 9.17) is 5.73 Å². The van der Waals surface area contributed by atoms with Crippen molar-refractivity contribution in [3.8, 4) is 10.7 Å². The lowest BCUT2D eigenvalue weighted by Crippen LogP contribution is -2.27. The number of aromatic nitrogens is 3. The maximum atomic E-state index is 6.00. The normalized spacial score (nSPS) is 25.0. The van der Waals surface area contributed by atoms with E-state index in [1.165, 1.54) is 12.8 Å². The molecule has 1 aliphatic rings. The summed E-state index contributed by atoms with van der Waals surface area (Å²) in [5.74, 6) is 2.28.